The highest BCUT2D eigenvalue weighted by molar-refractivity contribution is 5.69. The molecular weight excluding hydrogens is 190 g/mol. The van der Waals surface area contributed by atoms with E-state index in [1.165, 1.54) is 7.11 Å². The maximum Gasteiger partial charge on any atom is 0.305 e. The van der Waals surface area contributed by atoms with E-state index < -0.39 is 0 Å². The number of carbonyl (C=O) groups excluding carboxylic acids is 1. The fraction of sp³-hybridized carbons (Fsp3) is 0.917. The molecule has 0 aromatic carbocycles. The lowest BCUT2D eigenvalue weighted by molar-refractivity contribution is -0.140. The Bertz CT molecular complexity index is 180. The number of hydrogen-bond donors (Lipinski definition) is 0. The Hall–Kier alpha value is -0.570. The van der Waals surface area contributed by atoms with Crippen molar-refractivity contribution in [1.29, 1.82) is 0 Å². The van der Waals surface area contributed by atoms with Crippen LogP contribution >= 0.6 is 0 Å². The lowest BCUT2D eigenvalue weighted by Gasteiger charge is -2.22. The average Bonchev–Trinajstić information content (AvgIpc) is 2.21. The van der Waals surface area contributed by atoms with Crippen LogP contribution in [0.15, 0.2) is 0 Å². The van der Waals surface area contributed by atoms with E-state index >= 15 is 0 Å². The maximum absolute atomic E-state index is 10.9. The molecule has 0 saturated carbocycles. The second-order valence-electron chi connectivity index (χ2n) is 4.58. The van der Waals surface area contributed by atoms with E-state index in [9.17, 15) is 4.79 Å². The van der Waals surface area contributed by atoms with Gasteiger partial charge in [-0.2, -0.15) is 0 Å². The van der Waals surface area contributed by atoms with E-state index in [1.54, 1.807) is 0 Å². The first kappa shape index (κ1) is 14.4. The molecular formula is C12H25NO2. The molecule has 0 saturated heterocycles. The number of esters is 1. The molecule has 0 heterocycles. The summed E-state index contributed by atoms with van der Waals surface area (Å²) in [4.78, 5) is 13.3. The molecule has 3 nitrogen and oxygen atoms in total. The van der Waals surface area contributed by atoms with Crippen molar-refractivity contribution >= 4 is 5.97 Å². The highest BCUT2D eigenvalue weighted by Crippen LogP contribution is 2.11. The van der Waals surface area contributed by atoms with Crippen LogP contribution in [-0.2, 0) is 9.53 Å². The normalized spacial score (nSPS) is 13.3. The van der Waals surface area contributed by atoms with Gasteiger partial charge in [0.2, 0.25) is 0 Å². The summed E-state index contributed by atoms with van der Waals surface area (Å²) in [5.74, 6) is 0.490. The van der Waals surface area contributed by atoms with Gasteiger partial charge < -0.3 is 9.64 Å². The van der Waals surface area contributed by atoms with Crippen molar-refractivity contribution in [3.05, 3.63) is 0 Å². The molecule has 0 aliphatic heterocycles. The highest BCUT2D eigenvalue weighted by Gasteiger charge is 2.09. The van der Waals surface area contributed by atoms with Crippen molar-refractivity contribution in [3.63, 3.8) is 0 Å². The summed E-state index contributed by atoms with van der Waals surface area (Å²) >= 11 is 0. The van der Waals surface area contributed by atoms with Gasteiger partial charge in [-0.05, 0) is 46.2 Å². The van der Waals surface area contributed by atoms with Gasteiger partial charge in [0.05, 0.1) is 7.11 Å². The number of rotatable bonds is 7. The van der Waals surface area contributed by atoms with Gasteiger partial charge >= 0.3 is 5.97 Å². The Morgan fingerprint density at radius 3 is 2.33 bits per heavy atom. The Morgan fingerprint density at radius 2 is 1.87 bits per heavy atom. The monoisotopic (exact) mass is 215 g/mol. The van der Waals surface area contributed by atoms with Gasteiger partial charge in [-0.3, -0.25) is 4.79 Å². The predicted octanol–water partition coefficient (Wildman–Crippen LogP) is 2.31. The number of nitrogens with zero attached hydrogens (tertiary/aromatic N) is 1. The van der Waals surface area contributed by atoms with Crippen molar-refractivity contribution in [3.8, 4) is 0 Å². The van der Waals surface area contributed by atoms with E-state index in [1.807, 2.05) is 0 Å². The summed E-state index contributed by atoms with van der Waals surface area (Å²) in [6, 6.07) is 0.595. The van der Waals surface area contributed by atoms with E-state index in [4.69, 9.17) is 0 Å². The highest BCUT2D eigenvalue weighted by atomic mass is 16.5. The molecule has 3 heteroatoms. The van der Waals surface area contributed by atoms with Crippen LogP contribution in [0.1, 0.15) is 40.0 Å². The minimum atomic E-state index is -0.0981. The molecule has 0 rings (SSSR count). The molecule has 0 aromatic heterocycles. The van der Waals surface area contributed by atoms with Crippen LogP contribution in [0.4, 0.5) is 0 Å². The molecule has 90 valence electrons. The van der Waals surface area contributed by atoms with Crippen LogP contribution in [0.3, 0.4) is 0 Å². The standard InChI is InChI=1S/C12H25NO2/c1-10(2)13(4)9-8-11(3)6-7-12(14)15-5/h10-11H,6-9H2,1-5H3. The zero-order valence-corrected chi connectivity index (χ0v) is 10.7. The number of carbonyl (C=O) groups is 1. The molecule has 0 aliphatic rings. The number of ether oxygens (including phenoxy) is 1. The third kappa shape index (κ3) is 7.37. The van der Waals surface area contributed by atoms with Crippen molar-refractivity contribution in [2.75, 3.05) is 20.7 Å². The minimum Gasteiger partial charge on any atom is -0.469 e. The molecule has 0 radical (unpaired) electrons. The molecule has 0 bridgehead atoms. The summed E-state index contributed by atoms with van der Waals surface area (Å²) in [6.45, 7) is 7.68. The van der Waals surface area contributed by atoms with Crippen molar-refractivity contribution in [2.45, 2.75) is 46.1 Å². The Kier molecular flexibility index (Phi) is 7.39. The largest absolute Gasteiger partial charge is 0.469 e. The topological polar surface area (TPSA) is 29.5 Å². The second-order valence-corrected chi connectivity index (χ2v) is 4.58. The quantitative estimate of drug-likeness (QED) is 0.610. The summed E-state index contributed by atoms with van der Waals surface area (Å²) < 4.78 is 4.62. The van der Waals surface area contributed by atoms with Gasteiger partial charge in [0.15, 0.2) is 0 Å². The van der Waals surface area contributed by atoms with Gasteiger partial charge in [0, 0.05) is 12.5 Å². The third-order valence-electron chi connectivity index (χ3n) is 2.93. The Morgan fingerprint density at radius 1 is 1.27 bits per heavy atom. The molecule has 0 N–H and O–H groups in total. The van der Waals surface area contributed by atoms with E-state index in [-0.39, 0.29) is 5.97 Å². The van der Waals surface area contributed by atoms with Crippen LogP contribution < -0.4 is 0 Å². The minimum absolute atomic E-state index is 0.0981. The van der Waals surface area contributed by atoms with Gasteiger partial charge in [0.1, 0.15) is 0 Å². The second kappa shape index (κ2) is 7.69. The van der Waals surface area contributed by atoms with Crippen LogP contribution in [0, 0.1) is 5.92 Å². The van der Waals surface area contributed by atoms with E-state index in [0.29, 0.717) is 18.4 Å². The SMILES string of the molecule is COC(=O)CCC(C)CCN(C)C(C)C. The number of hydrogen-bond acceptors (Lipinski definition) is 3. The van der Waals surface area contributed by atoms with Gasteiger partial charge in [0.25, 0.3) is 0 Å². The summed E-state index contributed by atoms with van der Waals surface area (Å²) in [5.41, 5.74) is 0. The van der Waals surface area contributed by atoms with Crippen molar-refractivity contribution < 1.29 is 9.53 Å². The summed E-state index contributed by atoms with van der Waals surface area (Å²) in [5, 5.41) is 0. The third-order valence-corrected chi connectivity index (χ3v) is 2.93. The zero-order chi connectivity index (χ0) is 11.8. The lowest BCUT2D eigenvalue weighted by Crippen LogP contribution is -2.28. The smallest absolute Gasteiger partial charge is 0.305 e. The van der Waals surface area contributed by atoms with Crippen LogP contribution in [0.2, 0.25) is 0 Å². The van der Waals surface area contributed by atoms with Crippen LogP contribution in [0.25, 0.3) is 0 Å². The summed E-state index contributed by atoms with van der Waals surface area (Å²) in [6.07, 6.45) is 2.62. The molecule has 0 fully saturated rings. The van der Waals surface area contributed by atoms with Gasteiger partial charge in [-0.1, -0.05) is 6.92 Å². The molecule has 0 aliphatic carbocycles. The average molecular weight is 215 g/mol. The first-order valence-corrected chi connectivity index (χ1v) is 5.74. The zero-order valence-electron chi connectivity index (χ0n) is 10.7. The lowest BCUT2D eigenvalue weighted by atomic mass is 10.0. The maximum atomic E-state index is 10.9. The molecule has 1 unspecified atom stereocenters. The first-order chi connectivity index (χ1) is 6.97. The van der Waals surface area contributed by atoms with E-state index in [0.717, 1.165) is 19.4 Å². The van der Waals surface area contributed by atoms with Crippen molar-refractivity contribution in [2.24, 2.45) is 5.92 Å². The van der Waals surface area contributed by atoms with Gasteiger partial charge in [-0.25, -0.2) is 0 Å². The van der Waals surface area contributed by atoms with Gasteiger partial charge in [-0.15, -0.1) is 0 Å². The molecule has 0 aromatic rings. The molecule has 15 heavy (non-hydrogen) atoms. The molecule has 0 amide bonds. The predicted molar refractivity (Wildman–Crippen MR) is 62.8 cm³/mol. The fourth-order valence-corrected chi connectivity index (χ4v) is 1.29. The molecule has 0 spiro atoms. The Balaban J connectivity index is 3.57. The number of methoxy groups -OCH3 is 1. The van der Waals surface area contributed by atoms with Crippen LogP contribution in [0.5, 0.6) is 0 Å². The fourth-order valence-electron chi connectivity index (χ4n) is 1.29. The molecule has 1 atom stereocenters. The van der Waals surface area contributed by atoms with Crippen LogP contribution in [-0.4, -0.2) is 37.6 Å². The van der Waals surface area contributed by atoms with E-state index in [2.05, 4.69) is 37.5 Å². The van der Waals surface area contributed by atoms with Crippen molar-refractivity contribution in [1.82, 2.24) is 4.90 Å². The summed E-state index contributed by atoms with van der Waals surface area (Å²) in [7, 11) is 3.58. The Labute approximate surface area is 93.8 Å². The first-order valence-electron chi connectivity index (χ1n) is 5.74.